The van der Waals surface area contributed by atoms with Gasteiger partial charge in [0.1, 0.15) is 0 Å². The summed E-state index contributed by atoms with van der Waals surface area (Å²) in [6, 6.07) is 0. The lowest BCUT2D eigenvalue weighted by molar-refractivity contribution is 0.543. The Morgan fingerprint density at radius 1 is 0.706 bits per heavy atom. The van der Waals surface area contributed by atoms with Gasteiger partial charge < -0.3 is 5.32 Å². The molecule has 0 amide bonds. The molecule has 1 heteroatoms. The van der Waals surface area contributed by atoms with Crippen molar-refractivity contribution in [2.24, 2.45) is 0 Å². The van der Waals surface area contributed by atoms with Crippen molar-refractivity contribution < 1.29 is 0 Å². The molecule has 0 saturated heterocycles. The molecule has 0 bridgehead atoms. The zero-order valence-electron chi connectivity index (χ0n) is 11.8. The van der Waals surface area contributed by atoms with Crippen LogP contribution in [0.5, 0.6) is 0 Å². The molecule has 1 N–H and O–H groups in total. The maximum atomic E-state index is 5.21. The summed E-state index contributed by atoms with van der Waals surface area (Å²) in [5.41, 5.74) is 0. The Bertz CT molecular complexity index is 169. The quantitative estimate of drug-likeness (QED) is 0.367. The first-order chi connectivity index (χ1) is 8.41. The second kappa shape index (κ2) is 15.5. The molecule has 0 unspecified atom stereocenters. The van der Waals surface area contributed by atoms with Crippen LogP contribution in [0.4, 0.5) is 0 Å². The predicted octanol–water partition coefficient (Wildman–Crippen LogP) is 4.52. The van der Waals surface area contributed by atoms with Crippen LogP contribution in [0.15, 0.2) is 0 Å². The van der Waals surface area contributed by atoms with Crippen molar-refractivity contribution in [3.8, 4) is 12.3 Å². The summed E-state index contributed by atoms with van der Waals surface area (Å²) < 4.78 is 0. The zero-order chi connectivity index (χ0) is 12.6. The molecule has 1 nitrogen and oxygen atoms in total. The molecule has 0 aromatic carbocycles. The fourth-order valence-corrected chi connectivity index (χ4v) is 2.12. The van der Waals surface area contributed by atoms with E-state index < -0.39 is 0 Å². The molecule has 0 rings (SSSR count). The highest BCUT2D eigenvalue weighted by atomic mass is 14.8. The maximum Gasteiger partial charge on any atom is 0.00860 e. The van der Waals surface area contributed by atoms with Gasteiger partial charge in [0, 0.05) is 6.42 Å². The molecular formula is C16H31N. The molecule has 0 aliphatic rings. The fraction of sp³-hybridized carbons (Fsp3) is 0.875. The van der Waals surface area contributed by atoms with Gasteiger partial charge in [-0.25, -0.2) is 0 Å². The minimum absolute atomic E-state index is 0.965. The fourth-order valence-electron chi connectivity index (χ4n) is 2.12. The molecule has 0 saturated carbocycles. The number of rotatable bonds is 13. The van der Waals surface area contributed by atoms with Gasteiger partial charge >= 0.3 is 0 Å². The van der Waals surface area contributed by atoms with Crippen LogP contribution in [-0.4, -0.2) is 13.6 Å². The molecule has 0 spiro atoms. The van der Waals surface area contributed by atoms with Crippen LogP contribution in [0, 0.1) is 12.3 Å². The Morgan fingerprint density at radius 3 is 1.53 bits per heavy atom. The van der Waals surface area contributed by atoms with E-state index in [0.29, 0.717) is 0 Å². The molecule has 0 aliphatic heterocycles. The first-order valence-corrected chi connectivity index (χ1v) is 7.50. The second-order valence-electron chi connectivity index (χ2n) is 4.95. The standard InChI is InChI=1S/C16H31N/c1-3-4-5-6-7-8-9-10-11-12-13-14-15-16-17-2/h1,17H,4-16H2,2H3. The third-order valence-electron chi connectivity index (χ3n) is 3.25. The van der Waals surface area contributed by atoms with E-state index in [-0.39, 0.29) is 0 Å². The van der Waals surface area contributed by atoms with E-state index in [9.17, 15) is 0 Å². The highest BCUT2D eigenvalue weighted by Crippen LogP contribution is 2.11. The SMILES string of the molecule is C#CCCCCCCCCCCCCCNC. The molecule has 0 heterocycles. The van der Waals surface area contributed by atoms with E-state index in [1.165, 1.54) is 77.2 Å². The molecule has 0 aromatic rings. The van der Waals surface area contributed by atoms with E-state index in [4.69, 9.17) is 6.42 Å². The summed E-state index contributed by atoms with van der Waals surface area (Å²) in [7, 11) is 2.03. The predicted molar refractivity (Wildman–Crippen MR) is 78.2 cm³/mol. The Morgan fingerprint density at radius 2 is 1.12 bits per heavy atom. The first-order valence-electron chi connectivity index (χ1n) is 7.50. The van der Waals surface area contributed by atoms with Crippen molar-refractivity contribution in [2.75, 3.05) is 13.6 Å². The van der Waals surface area contributed by atoms with Gasteiger partial charge in [0.25, 0.3) is 0 Å². The number of hydrogen-bond acceptors (Lipinski definition) is 1. The van der Waals surface area contributed by atoms with Crippen molar-refractivity contribution in [2.45, 2.75) is 77.0 Å². The second-order valence-corrected chi connectivity index (χ2v) is 4.95. The van der Waals surface area contributed by atoms with Crippen LogP contribution in [0.25, 0.3) is 0 Å². The van der Waals surface area contributed by atoms with Crippen LogP contribution in [0.3, 0.4) is 0 Å². The molecular weight excluding hydrogens is 206 g/mol. The van der Waals surface area contributed by atoms with E-state index in [1.54, 1.807) is 0 Å². The van der Waals surface area contributed by atoms with E-state index >= 15 is 0 Å². The Balaban J connectivity index is 2.87. The van der Waals surface area contributed by atoms with E-state index in [2.05, 4.69) is 11.2 Å². The summed E-state index contributed by atoms with van der Waals surface area (Å²) in [4.78, 5) is 0. The van der Waals surface area contributed by atoms with Crippen LogP contribution in [-0.2, 0) is 0 Å². The van der Waals surface area contributed by atoms with E-state index in [1.807, 2.05) is 7.05 Å². The summed E-state index contributed by atoms with van der Waals surface area (Å²) in [5.74, 6) is 2.70. The molecule has 0 aromatic heterocycles. The lowest BCUT2D eigenvalue weighted by atomic mass is 10.1. The van der Waals surface area contributed by atoms with Gasteiger partial charge in [0.2, 0.25) is 0 Å². The average molecular weight is 237 g/mol. The van der Waals surface area contributed by atoms with Crippen molar-refractivity contribution in [1.82, 2.24) is 5.32 Å². The normalized spacial score (nSPS) is 10.4. The summed E-state index contributed by atoms with van der Waals surface area (Å²) in [5, 5.41) is 3.20. The Labute approximate surface area is 109 Å². The third kappa shape index (κ3) is 15.5. The van der Waals surface area contributed by atoms with Crippen molar-refractivity contribution in [3.63, 3.8) is 0 Å². The minimum atomic E-state index is 0.965. The number of hydrogen-bond donors (Lipinski definition) is 1. The lowest BCUT2D eigenvalue weighted by Gasteiger charge is -2.02. The van der Waals surface area contributed by atoms with Gasteiger partial charge in [-0.3, -0.25) is 0 Å². The summed E-state index contributed by atoms with van der Waals surface area (Å²) in [6.07, 6.45) is 21.4. The first kappa shape index (κ1) is 16.5. The highest BCUT2D eigenvalue weighted by Gasteiger charge is 1.92. The van der Waals surface area contributed by atoms with Crippen LogP contribution in [0.1, 0.15) is 77.0 Å². The van der Waals surface area contributed by atoms with Crippen LogP contribution >= 0.6 is 0 Å². The maximum absolute atomic E-state index is 5.21. The molecule has 100 valence electrons. The Hall–Kier alpha value is -0.480. The zero-order valence-corrected chi connectivity index (χ0v) is 11.8. The average Bonchev–Trinajstić information content (AvgIpc) is 2.35. The van der Waals surface area contributed by atoms with Gasteiger partial charge in [-0.15, -0.1) is 12.3 Å². The Kier molecular flexibility index (Phi) is 15.1. The van der Waals surface area contributed by atoms with Gasteiger partial charge in [0.15, 0.2) is 0 Å². The monoisotopic (exact) mass is 237 g/mol. The van der Waals surface area contributed by atoms with Crippen LogP contribution < -0.4 is 5.32 Å². The number of terminal acetylenes is 1. The van der Waals surface area contributed by atoms with E-state index in [0.717, 1.165) is 6.42 Å². The smallest absolute Gasteiger partial charge is 0.00860 e. The minimum Gasteiger partial charge on any atom is -0.320 e. The summed E-state index contributed by atoms with van der Waals surface area (Å²) >= 11 is 0. The van der Waals surface area contributed by atoms with Gasteiger partial charge in [0.05, 0.1) is 0 Å². The summed E-state index contributed by atoms with van der Waals surface area (Å²) in [6.45, 7) is 1.18. The molecule has 0 atom stereocenters. The lowest BCUT2D eigenvalue weighted by Crippen LogP contribution is -2.06. The molecule has 17 heavy (non-hydrogen) atoms. The third-order valence-corrected chi connectivity index (χ3v) is 3.25. The topological polar surface area (TPSA) is 12.0 Å². The van der Waals surface area contributed by atoms with Crippen molar-refractivity contribution in [1.29, 1.82) is 0 Å². The van der Waals surface area contributed by atoms with Gasteiger partial charge in [-0.05, 0) is 26.4 Å². The highest BCUT2D eigenvalue weighted by molar-refractivity contribution is 4.82. The van der Waals surface area contributed by atoms with Gasteiger partial charge in [-0.2, -0.15) is 0 Å². The molecule has 0 radical (unpaired) electrons. The van der Waals surface area contributed by atoms with Crippen LogP contribution in [0.2, 0.25) is 0 Å². The molecule has 0 aliphatic carbocycles. The number of nitrogens with one attached hydrogen (secondary N) is 1. The molecule has 0 fully saturated rings. The van der Waals surface area contributed by atoms with Crippen molar-refractivity contribution >= 4 is 0 Å². The number of unbranched alkanes of at least 4 members (excludes halogenated alkanes) is 11. The largest absolute Gasteiger partial charge is 0.320 e. The van der Waals surface area contributed by atoms with Crippen molar-refractivity contribution in [3.05, 3.63) is 0 Å². The van der Waals surface area contributed by atoms with Gasteiger partial charge in [-0.1, -0.05) is 57.8 Å².